The quantitative estimate of drug-likeness (QED) is 0.158. The first-order chi connectivity index (χ1) is 21.4. The lowest BCUT2D eigenvalue weighted by Crippen LogP contribution is -2.43. The molecule has 5 rings (SSSR count). The molecule has 230 valence electrons. The average molecular weight is 661 g/mol. The molecule has 0 spiro atoms. The second kappa shape index (κ2) is 14.7. The number of phenols is 1. The van der Waals surface area contributed by atoms with Crippen LogP contribution in [0.4, 0.5) is 5.69 Å². The molecule has 1 unspecified atom stereocenters. The molecule has 0 bridgehead atoms. The van der Waals surface area contributed by atoms with E-state index in [0.717, 1.165) is 44.2 Å². The minimum absolute atomic E-state index is 0.0429. The van der Waals surface area contributed by atoms with Gasteiger partial charge in [-0.2, -0.15) is 0 Å². The van der Waals surface area contributed by atoms with E-state index < -0.39 is 0 Å². The van der Waals surface area contributed by atoms with Gasteiger partial charge in [-0.3, -0.25) is 9.59 Å². The number of nitrogens with one attached hydrogen (secondary N) is 2. The van der Waals surface area contributed by atoms with Gasteiger partial charge in [-0.1, -0.05) is 58.4 Å². The van der Waals surface area contributed by atoms with Gasteiger partial charge < -0.3 is 30.5 Å². The number of rotatable bonds is 12. The van der Waals surface area contributed by atoms with E-state index in [-0.39, 0.29) is 41.7 Å². The highest BCUT2D eigenvalue weighted by Crippen LogP contribution is 2.36. The number of ether oxygens (including phenoxy) is 1. The number of aryl methyl sites for hydroxylation is 1. The minimum atomic E-state index is -0.373. The first-order valence-electron chi connectivity index (χ1n) is 14.9. The van der Waals surface area contributed by atoms with Gasteiger partial charge >= 0.3 is 0 Å². The molecule has 4 aromatic rings. The van der Waals surface area contributed by atoms with Gasteiger partial charge in [-0.05, 0) is 78.4 Å². The third-order valence-corrected chi connectivity index (χ3v) is 8.81. The lowest BCUT2D eigenvalue weighted by atomic mass is 9.93. The Morgan fingerprint density at radius 1 is 1.09 bits per heavy atom. The number of aliphatic hydroxyl groups is 1. The van der Waals surface area contributed by atoms with Crippen molar-refractivity contribution in [2.24, 2.45) is 5.92 Å². The van der Waals surface area contributed by atoms with Gasteiger partial charge in [0.2, 0.25) is 5.91 Å². The summed E-state index contributed by atoms with van der Waals surface area (Å²) >= 11 is 3.57. The Morgan fingerprint density at radius 2 is 1.89 bits per heavy atom. The van der Waals surface area contributed by atoms with E-state index in [4.69, 9.17) is 4.74 Å². The molecule has 1 aliphatic heterocycles. The van der Waals surface area contributed by atoms with Gasteiger partial charge in [0.15, 0.2) is 0 Å². The monoisotopic (exact) mass is 659 g/mol. The standard InChI is InChI=1S/C35H38BrN3O5/c1-44-33-17-13-25-20-26(36)14-16-28(25)30(33)22-39-31-8-4-2-6-23(31)10-11-24(35(39)43)12-15-27(37-18-19-40)21-38-34(42)29-7-3-5-9-32(29)41/h2-9,13-14,16-17,20,24,27,37,40-41H,10-12,15,18-19,21-22H2,1H3,(H,38,42)/t24-,27?/m0/s1. The minimum Gasteiger partial charge on any atom is -0.507 e. The van der Waals surface area contributed by atoms with Crippen LogP contribution in [0.3, 0.4) is 0 Å². The molecule has 9 heteroatoms. The third-order valence-electron chi connectivity index (χ3n) is 8.31. The number of hydrogen-bond acceptors (Lipinski definition) is 6. The van der Waals surface area contributed by atoms with Crippen LogP contribution in [-0.2, 0) is 17.8 Å². The third kappa shape index (κ3) is 7.23. The molecule has 2 atom stereocenters. The van der Waals surface area contributed by atoms with Crippen LogP contribution in [0.2, 0.25) is 0 Å². The lowest BCUT2D eigenvalue weighted by Gasteiger charge is -2.28. The summed E-state index contributed by atoms with van der Waals surface area (Å²) in [6, 6.07) is 24.5. The van der Waals surface area contributed by atoms with Crippen molar-refractivity contribution in [2.75, 3.05) is 31.7 Å². The molecule has 4 N–H and O–H groups in total. The Labute approximate surface area is 266 Å². The molecule has 2 amide bonds. The van der Waals surface area contributed by atoms with Gasteiger partial charge in [0.05, 0.1) is 25.8 Å². The van der Waals surface area contributed by atoms with Gasteiger partial charge in [-0.25, -0.2) is 0 Å². The predicted octanol–water partition coefficient (Wildman–Crippen LogP) is 5.57. The number of benzene rings is 4. The van der Waals surface area contributed by atoms with E-state index in [0.29, 0.717) is 38.9 Å². The zero-order valence-corrected chi connectivity index (χ0v) is 26.3. The van der Waals surface area contributed by atoms with Crippen molar-refractivity contribution in [1.82, 2.24) is 10.6 Å². The summed E-state index contributed by atoms with van der Waals surface area (Å²) in [7, 11) is 1.65. The Hall–Kier alpha value is -3.92. The fourth-order valence-electron chi connectivity index (χ4n) is 5.99. The number of phenolic OH excluding ortho intramolecular Hbond substituents is 1. The highest BCUT2D eigenvalue weighted by atomic mass is 79.9. The maximum atomic E-state index is 14.3. The van der Waals surface area contributed by atoms with Crippen molar-refractivity contribution in [3.8, 4) is 11.5 Å². The summed E-state index contributed by atoms with van der Waals surface area (Å²) in [5.74, 6) is 0.112. The number of para-hydroxylation sites is 2. The van der Waals surface area contributed by atoms with Crippen LogP contribution < -0.4 is 20.3 Å². The van der Waals surface area contributed by atoms with Crippen molar-refractivity contribution in [3.63, 3.8) is 0 Å². The number of aliphatic hydroxyl groups excluding tert-OH is 1. The molecule has 0 saturated heterocycles. The molecule has 0 radical (unpaired) electrons. The van der Waals surface area contributed by atoms with E-state index in [1.165, 1.54) is 6.07 Å². The second-order valence-electron chi connectivity index (χ2n) is 11.1. The largest absolute Gasteiger partial charge is 0.507 e. The number of nitrogens with zero attached hydrogens (tertiary/aromatic N) is 1. The van der Waals surface area contributed by atoms with Crippen molar-refractivity contribution in [1.29, 1.82) is 0 Å². The van der Waals surface area contributed by atoms with E-state index in [1.54, 1.807) is 25.3 Å². The molecule has 0 aromatic heterocycles. The Kier molecular flexibility index (Phi) is 10.5. The maximum Gasteiger partial charge on any atom is 0.255 e. The zero-order valence-electron chi connectivity index (χ0n) is 24.8. The number of carbonyl (C=O) groups is 2. The molecule has 44 heavy (non-hydrogen) atoms. The van der Waals surface area contributed by atoms with Gasteiger partial charge in [0.1, 0.15) is 11.5 Å². The normalized spacial score (nSPS) is 15.5. The Bertz CT molecular complexity index is 1630. The van der Waals surface area contributed by atoms with E-state index in [2.05, 4.69) is 44.8 Å². The molecule has 0 aliphatic carbocycles. The fourth-order valence-corrected chi connectivity index (χ4v) is 6.37. The summed E-state index contributed by atoms with van der Waals surface area (Å²) in [6.07, 6.45) is 2.72. The van der Waals surface area contributed by atoms with E-state index in [9.17, 15) is 19.8 Å². The van der Waals surface area contributed by atoms with Crippen LogP contribution in [0.15, 0.2) is 83.3 Å². The van der Waals surface area contributed by atoms with Crippen LogP contribution in [0.1, 0.15) is 40.7 Å². The number of anilines is 1. The number of halogens is 1. The van der Waals surface area contributed by atoms with Crippen LogP contribution in [-0.4, -0.2) is 54.9 Å². The number of carbonyl (C=O) groups excluding carboxylic acids is 2. The fraction of sp³-hybridized carbons (Fsp3) is 0.314. The molecular formula is C35H38BrN3O5. The smallest absolute Gasteiger partial charge is 0.255 e. The lowest BCUT2D eigenvalue weighted by molar-refractivity contribution is -0.122. The molecule has 1 aliphatic rings. The average Bonchev–Trinajstić information content (AvgIpc) is 3.16. The summed E-state index contributed by atoms with van der Waals surface area (Å²) in [6.45, 7) is 0.987. The Morgan fingerprint density at radius 3 is 2.68 bits per heavy atom. The molecule has 0 fully saturated rings. The van der Waals surface area contributed by atoms with Crippen LogP contribution in [0, 0.1) is 5.92 Å². The first kappa shape index (κ1) is 31.5. The number of aromatic hydroxyl groups is 1. The van der Waals surface area contributed by atoms with Crippen LogP contribution in [0.25, 0.3) is 10.8 Å². The predicted molar refractivity (Wildman–Crippen MR) is 176 cm³/mol. The molecule has 1 heterocycles. The van der Waals surface area contributed by atoms with Crippen molar-refractivity contribution >= 4 is 44.2 Å². The zero-order chi connectivity index (χ0) is 31.1. The van der Waals surface area contributed by atoms with Crippen molar-refractivity contribution in [2.45, 2.75) is 38.3 Å². The first-order valence-corrected chi connectivity index (χ1v) is 15.7. The van der Waals surface area contributed by atoms with Crippen LogP contribution >= 0.6 is 15.9 Å². The van der Waals surface area contributed by atoms with Gasteiger partial charge in [0.25, 0.3) is 5.91 Å². The maximum absolute atomic E-state index is 14.3. The Balaban J connectivity index is 1.36. The summed E-state index contributed by atoms with van der Waals surface area (Å²) in [5.41, 5.74) is 3.21. The van der Waals surface area contributed by atoms with Crippen LogP contribution in [0.5, 0.6) is 11.5 Å². The summed E-state index contributed by atoms with van der Waals surface area (Å²) in [4.78, 5) is 29.0. The number of fused-ring (bicyclic) bond motifs is 2. The highest BCUT2D eigenvalue weighted by Gasteiger charge is 2.31. The van der Waals surface area contributed by atoms with Crippen molar-refractivity contribution < 1.29 is 24.5 Å². The molecule has 8 nitrogen and oxygen atoms in total. The molecule has 4 aromatic carbocycles. The SMILES string of the molecule is COc1ccc2cc(Br)ccc2c1CN1C(=O)[C@H](CCC(CNC(=O)c2ccccc2O)NCCO)CCc2ccccc21. The molecule has 0 saturated carbocycles. The van der Waals surface area contributed by atoms with E-state index in [1.807, 2.05) is 41.3 Å². The topological polar surface area (TPSA) is 111 Å². The van der Waals surface area contributed by atoms with Gasteiger partial charge in [-0.15, -0.1) is 0 Å². The van der Waals surface area contributed by atoms with Gasteiger partial charge in [0, 0.05) is 40.8 Å². The number of amides is 2. The molecular weight excluding hydrogens is 622 g/mol. The summed E-state index contributed by atoms with van der Waals surface area (Å²) in [5, 5.41) is 27.8. The van der Waals surface area contributed by atoms with Crippen molar-refractivity contribution in [3.05, 3.63) is 100 Å². The number of hydrogen-bond donors (Lipinski definition) is 4. The van der Waals surface area contributed by atoms with E-state index >= 15 is 0 Å². The summed E-state index contributed by atoms with van der Waals surface area (Å²) < 4.78 is 6.76. The number of methoxy groups -OCH3 is 1. The highest BCUT2D eigenvalue weighted by molar-refractivity contribution is 9.10. The second-order valence-corrected chi connectivity index (χ2v) is 12.0.